The number of hydrogen-bond acceptors (Lipinski definition) is 7. The van der Waals surface area contributed by atoms with E-state index in [9.17, 15) is 14.4 Å². The van der Waals surface area contributed by atoms with Crippen molar-refractivity contribution < 1.29 is 33.0 Å². The molecule has 1 aliphatic rings. The lowest BCUT2D eigenvalue weighted by molar-refractivity contribution is -0.133. The van der Waals surface area contributed by atoms with E-state index in [-0.39, 0.29) is 36.6 Å². The molecule has 45 heavy (non-hydrogen) atoms. The Morgan fingerprint density at radius 1 is 0.756 bits per heavy atom. The van der Waals surface area contributed by atoms with Crippen molar-refractivity contribution in [1.29, 1.82) is 0 Å². The van der Waals surface area contributed by atoms with Crippen molar-refractivity contribution in [3.8, 4) is 28.4 Å². The van der Waals surface area contributed by atoms with Crippen molar-refractivity contribution in [2.75, 3.05) is 39.4 Å². The zero-order valence-corrected chi connectivity index (χ0v) is 26.1. The monoisotopic (exact) mass is 610 g/mol. The zero-order chi connectivity index (χ0) is 31.9. The maximum atomic E-state index is 13.9. The quantitative estimate of drug-likeness (QED) is 0.165. The lowest BCUT2D eigenvalue weighted by Crippen LogP contribution is -2.34. The van der Waals surface area contributed by atoms with Gasteiger partial charge in [-0.05, 0) is 93.8 Å². The smallest absolute Gasteiger partial charge is 0.260 e. The van der Waals surface area contributed by atoms with E-state index >= 15 is 0 Å². The Labute approximate surface area is 263 Å². The fraction of sp³-hybridized carbons (Fsp3) is 0.306. The molecule has 2 heterocycles. The number of ketones is 1. The maximum Gasteiger partial charge on any atom is 0.260 e. The average Bonchev–Trinajstić information content (AvgIpc) is 3.44. The SMILES string of the molecule is CCN(CC)C(=O)COc1ccc(C(=O)c2oc3cc4c(cc3c2-c2ccc(OCC(=O)N(CC)CC)cc2)CC=CO4)cc1. The van der Waals surface area contributed by atoms with Crippen LogP contribution in [0.25, 0.3) is 22.1 Å². The molecule has 234 valence electrons. The third-order valence-corrected chi connectivity index (χ3v) is 7.92. The van der Waals surface area contributed by atoms with Crippen LogP contribution in [0.3, 0.4) is 0 Å². The van der Waals surface area contributed by atoms with Gasteiger partial charge in [-0.2, -0.15) is 0 Å². The number of carbonyl (C=O) groups is 3. The summed E-state index contributed by atoms with van der Waals surface area (Å²) in [7, 11) is 0. The highest BCUT2D eigenvalue weighted by atomic mass is 16.5. The summed E-state index contributed by atoms with van der Waals surface area (Å²) >= 11 is 0. The van der Waals surface area contributed by atoms with Crippen LogP contribution in [0.5, 0.6) is 17.2 Å². The fourth-order valence-electron chi connectivity index (χ4n) is 5.36. The number of likely N-dealkylation sites (N-methyl/N-ethyl adjacent to an activating group) is 2. The number of benzene rings is 3. The third kappa shape index (κ3) is 6.87. The zero-order valence-electron chi connectivity index (χ0n) is 26.1. The van der Waals surface area contributed by atoms with Crippen LogP contribution in [-0.2, 0) is 16.0 Å². The van der Waals surface area contributed by atoms with E-state index in [0.29, 0.717) is 66.6 Å². The molecule has 5 rings (SSSR count). The van der Waals surface area contributed by atoms with Crippen molar-refractivity contribution in [3.63, 3.8) is 0 Å². The van der Waals surface area contributed by atoms with Crippen molar-refractivity contribution in [3.05, 3.63) is 89.9 Å². The minimum atomic E-state index is -0.297. The van der Waals surface area contributed by atoms with Gasteiger partial charge in [-0.3, -0.25) is 14.4 Å². The first-order valence-electron chi connectivity index (χ1n) is 15.3. The van der Waals surface area contributed by atoms with Crippen molar-refractivity contribution in [2.45, 2.75) is 34.1 Å². The molecule has 4 aromatic rings. The van der Waals surface area contributed by atoms with Crippen molar-refractivity contribution in [2.24, 2.45) is 0 Å². The molecule has 9 heteroatoms. The first kappa shape index (κ1) is 31.4. The maximum absolute atomic E-state index is 13.9. The molecule has 1 aliphatic heterocycles. The van der Waals surface area contributed by atoms with Gasteiger partial charge in [-0.1, -0.05) is 12.1 Å². The second-order valence-corrected chi connectivity index (χ2v) is 10.5. The second kappa shape index (κ2) is 14.2. The molecule has 0 radical (unpaired) electrons. The lowest BCUT2D eigenvalue weighted by Gasteiger charge is -2.18. The van der Waals surface area contributed by atoms with Gasteiger partial charge in [0.2, 0.25) is 5.78 Å². The number of carbonyl (C=O) groups excluding carboxylic acids is 3. The largest absolute Gasteiger partial charge is 0.484 e. The topological polar surface area (TPSA) is 98.5 Å². The molecule has 0 spiro atoms. The molecular weight excluding hydrogens is 572 g/mol. The highest BCUT2D eigenvalue weighted by Gasteiger charge is 2.25. The Kier molecular flexibility index (Phi) is 9.87. The fourth-order valence-corrected chi connectivity index (χ4v) is 5.36. The first-order valence-corrected chi connectivity index (χ1v) is 15.3. The number of allylic oxidation sites excluding steroid dienone is 1. The van der Waals surface area contributed by atoms with Gasteiger partial charge in [0, 0.05) is 48.8 Å². The standard InChI is InChI=1S/C36H38N2O7/c1-5-37(6-2)32(39)22-43-27-15-11-24(12-16-27)34-29-20-26-10-9-19-42-30(26)21-31(29)45-36(34)35(41)25-13-17-28(18-14-25)44-23-33(40)38(7-3)8-4/h9,11-21H,5-8,10,22-23H2,1-4H3. The number of ether oxygens (including phenoxy) is 3. The van der Waals surface area contributed by atoms with Gasteiger partial charge in [-0.15, -0.1) is 0 Å². The number of fused-ring (bicyclic) bond motifs is 2. The summed E-state index contributed by atoms with van der Waals surface area (Å²) in [4.78, 5) is 42.1. The minimum Gasteiger partial charge on any atom is -0.484 e. The Morgan fingerprint density at radius 2 is 1.31 bits per heavy atom. The molecule has 0 unspecified atom stereocenters. The summed E-state index contributed by atoms with van der Waals surface area (Å²) in [5.41, 5.74) is 3.35. The number of nitrogens with zero attached hydrogens (tertiary/aromatic N) is 2. The van der Waals surface area contributed by atoms with E-state index in [0.717, 1.165) is 16.5 Å². The molecule has 0 saturated carbocycles. The normalized spacial score (nSPS) is 11.9. The van der Waals surface area contributed by atoms with Crippen LogP contribution < -0.4 is 14.2 Å². The second-order valence-electron chi connectivity index (χ2n) is 10.5. The Morgan fingerprint density at radius 3 is 1.87 bits per heavy atom. The van der Waals surface area contributed by atoms with Gasteiger partial charge in [0.1, 0.15) is 22.8 Å². The first-order chi connectivity index (χ1) is 21.9. The summed E-state index contributed by atoms with van der Waals surface area (Å²) in [6.45, 7) is 10.1. The van der Waals surface area contributed by atoms with Crippen LogP contribution in [0.15, 0.2) is 77.4 Å². The predicted octanol–water partition coefficient (Wildman–Crippen LogP) is 6.27. The summed E-state index contributed by atoms with van der Waals surface area (Å²) in [5.74, 6) is 1.44. The van der Waals surface area contributed by atoms with Crippen molar-refractivity contribution in [1.82, 2.24) is 9.80 Å². The van der Waals surface area contributed by atoms with Gasteiger partial charge < -0.3 is 28.4 Å². The van der Waals surface area contributed by atoms with Gasteiger partial charge in [0.05, 0.1) is 6.26 Å². The van der Waals surface area contributed by atoms with E-state index in [4.69, 9.17) is 18.6 Å². The van der Waals surface area contributed by atoms with E-state index in [1.165, 1.54) is 0 Å². The van der Waals surface area contributed by atoms with Crippen LogP contribution in [0, 0.1) is 0 Å². The average molecular weight is 611 g/mol. The van der Waals surface area contributed by atoms with Gasteiger partial charge in [0.25, 0.3) is 11.8 Å². The summed E-state index contributed by atoms with van der Waals surface area (Å²) in [5, 5.41) is 0.788. The van der Waals surface area contributed by atoms with E-state index in [1.54, 1.807) is 52.5 Å². The minimum absolute atomic E-state index is 0.0532. The Bertz CT molecular complexity index is 1700. The molecule has 0 atom stereocenters. The van der Waals surface area contributed by atoms with Gasteiger partial charge in [-0.25, -0.2) is 0 Å². The van der Waals surface area contributed by atoms with E-state index in [1.807, 2.05) is 58.0 Å². The number of amides is 2. The van der Waals surface area contributed by atoms with Crippen LogP contribution >= 0.6 is 0 Å². The Hall–Kier alpha value is -5.05. The van der Waals surface area contributed by atoms with Crippen molar-refractivity contribution >= 4 is 28.6 Å². The lowest BCUT2D eigenvalue weighted by atomic mass is 9.96. The molecule has 3 aromatic carbocycles. The summed E-state index contributed by atoms with van der Waals surface area (Å²) in [6.07, 6.45) is 4.28. The Balaban J connectivity index is 1.43. The molecular formula is C36H38N2O7. The van der Waals surface area contributed by atoms with Gasteiger partial charge >= 0.3 is 0 Å². The number of furan rings is 1. The molecule has 1 aromatic heterocycles. The number of hydrogen-bond donors (Lipinski definition) is 0. The highest BCUT2D eigenvalue weighted by Crippen LogP contribution is 2.40. The molecule has 0 aliphatic carbocycles. The van der Waals surface area contributed by atoms with Gasteiger partial charge in [0.15, 0.2) is 19.0 Å². The molecule has 0 saturated heterocycles. The molecule has 9 nitrogen and oxygen atoms in total. The predicted molar refractivity (Wildman–Crippen MR) is 172 cm³/mol. The van der Waals surface area contributed by atoms with E-state index in [2.05, 4.69) is 0 Å². The number of rotatable bonds is 13. The van der Waals surface area contributed by atoms with Crippen LogP contribution in [0.1, 0.15) is 49.4 Å². The van der Waals surface area contributed by atoms with Crippen LogP contribution in [0.2, 0.25) is 0 Å². The summed E-state index contributed by atoms with van der Waals surface area (Å²) in [6, 6.07) is 17.8. The molecule has 0 N–H and O–H groups in total. The van der Waals surface area contributed by atoms with E-state index < -0.39 is 0 Å². The molecule has 0 bridgehead atoms. The summed E-state index contributed by atoms with van der Waals surface area (Å²) < 4.78 is 23.4. The highest BCUT2D eigenvalue weighted by molar-refractivity contribution is 6.16. The molecule has 2 amide bonds. The van der Waals surface area contributed by atoms with Crippen LogP contribution in [-0.4, -0.2) is 66.8 Å². The third-order valence-electron chi connectivity index (χ3n) is 7.92. The van der Waals surface area contributed by atoms with Crippen LogP contribution in [0.4, 0.5) is 0 Å². The molecule has 0 fully saturated rings.